The smallest absolute Gasteiger partial charge is 0.161 e. The first-order valence-electron chi connectivity index (χ1n) is 10.2. The molecule has 3 aliphatic rings. The predicted molar refractivity (Wildman–Crippen MR) is 99.1 cm³/mol. The highest BCUT2D eigenvalue weighted by atomic mass is 16.5. The minimum absolute atomic E-state index is 0.0264. The van der Waals surface area contributed by atoms with Gasteiger partial charge in [-0.1, -0.05) is 20.3 Å². The Labute approximate surface area is 151 Å². The first kappa shape index (κ1) is 17.2. The summed E-state index contributed by atoms with van der Waals surface area (Å²) in [7, 11) is 0. The molecule has 0 heterocycles. The third kappa shape index (κ3) is 2.66. The number of fused-ring (bicyclic) bond motifs is 5. The van der Waals surface area contributed by atoms with Gasteiger partial charge in [0.15, 0.2) is 11.5 Å². The zero-order valence-corrected chi connectivity index (χ0v) is 15.6. The van der Waals surface area contributed by atoms with Gasteiger partial charge >= 0.3 is 0 Å². The van der Waals surface area contributed by atoms with Crippen molar-refractivity contribution in [3.05, 3.63) is 23.3 Å². The number of aromatic hydroxyl groups is 1. The number of ether oxygens (including phenoxy) is 1. The normalized spacial score (nSPS) is 36.4. The summed E-state index contributed by atoms with van der Waals surface area (Å²) in [5.74, 6) is 3.94. The molecule has 1 aromatic rings. The van der Waals surface area contributed by atoms with Gasteiger partial charge in [-0.05, 0) is 90.9 Å². The van der Waals surface area contributed by atoms with Gasteiger partial charge in [-0.25, -0.2) is 0 Å². The van der Waals surface area contributed by atoms with Crippen LogP contribution in [0.15, 0.2) is 12.1 Å². The van der Waals surface area contributed by atoms with Crippen molar-refractivity contribution in [2.24, 2.45) is 23.2 Å². The second kappa shape index (κ2) is 6.50. The molecule has 0 amide bonds. The number of benzene rings is 1. The van der Waals surface area contributed by atoms with E-state index in [-0.39, 0.29) is 19.0 Å². The van der Waals surface area contributed by atoms with Gasteiger partial charge in [0.2, 0.25) is 0 Å². The highest BCUT2D eigenvalue weighted by molar-refractivity contribution is 5.49. The minimum atomic E-state index is -0.0264. The monoisotopic (exact) mass is 344 g/mol. The van der Waals surface area contributed by atoms with Crippen LogP contribution >= 0.6 is 0 Å². The quantitative estimate of drug-likeness (QED) is 0.836. The summed E-state index contributed by atoms with van der Waals surface area (Å²) in [6.45, 7) is 5.14. The van der Waals surface area contributed by atoms with Crippen LogP contribution in [0.1, 0.15) is 69.4 Å². The van der Waals surface area contributed by atoms with Crippen molar-refractivity contribution < 1.29 is 14.9 Å². The Morgan fingerprint density at radius 2 is 2.04 bits per heavy atom. The van der Waals surface area contributed by atoms with E-state index in [1.165, 1.54) is 49.7 Å². The number of hydrogen-bond donors (Lipinski definition) is 2. The molecule has 0 spiro atoms. The average Bonchev–Trinajstić information content (AvgIpc) is 2.96. The Morgan fingerprint density at radius 1 is 1.20 bits per heavy atom. The summed E-state index contributed by atoms with van der Waals surface area (Å²) in [6, 6.07) is 3.99. The Bertz CT molecular complexity index is 640. The molecule has 0 bridgehead atoms. The van der Waals surface area contributed by atoms with E-state index in [1.54, 1.807) is 0 Å². The van der Waals surface area contributed by atoms with Crippen molar-refractivity contribution in [3.63, 3.8) is 0 Å². The van der Waals surface area contributed by atoms with Crippen molar-refractivity contribution in [1.29, 1.82) is 0 Å². The zero-order chi connectivity index (χ0) is 17.6. The molecule has 138 valence electrons. The standard InChI is InChI=1S/C22H32O3/c1-3-15-5-7-19-17-6-4-14-12-20(24)21(25-11-10-23)13-18(14)16(17)8-9-22(15,19)2/h12-13,15-17,19,23-24H,3-11H2,1-2H3/t15-,16-,17+,19-,22+/m0/s1. The fraction of sp³-hybridized carbons (Fsp3) is 0.727. The Morgan fingerprint density at radius 3 is 2.80 bits per heavy atom. The van der Waals surface area contributed by atoms with E-state index < -0.39 is 0 Å². The van der Waals surface area contributed by atoms with E-state index in [9.17, 15) is 5.11 Å². The van der Waals surface area contributed by atoms with Gasteiger partial charge in [0, 0.05) is 0 Å². The third-order valence-electron chi connectivity index (χ3n) is 7.84. The maximum atomic E-state index is 10.2. The summed E-state index contributed by atoms with van der Waals surface area (Å²) in [4.78, 5) is 0. The summed E-state index contributed by atoms with van der Waals surface area (Å²) in [5.41, 5.74) is 3.26. The molecule has 1 aromatic carbocycles. The first-order chi connectivity index (χ1) is 12.1. The average molecular weight is 344 g/mol. The van der Waals surface area contributed by atoms with Crippen LogP contribution in [0.5, 0.6) is 11.5 Å². The highest BCUT2D eigenvalue weighted by Crippen LogP contribution is 2.63. The number of rotatable bonds is 4. The molecule has 0 saturated heterocycles. The minimum Gasteiger partial charge on any atom is -0.504 e. The van der Waals surface area contributed by atoms with Crippen LogP contribution in [0, 0.1) is 23.2 Å². The number of phenols is 1. The zero-order valence-electron chi connectivity index (χ0n) is 15.6. The van der Waals surface area contributed by atoms with Crippen LogP contribution in [0.3, 0.4) is 0 Å². The summed E-state index contributed by atoms with van der Waals surface area (Å²) in [5, 5.41) is 19.3. The van der Waals surface area contributed by atoms with Crippen molar-refractivity contribution in [1.82, 2.24) is 0 Å². The lowest BCUT2D eigenvalue weighted by molar-refractivity contribution is 0.0272. The second-order valence-electron chi connectivity index (χ2n) is 8.73. The fourth-order valence-corrected chi connectivity index (χ4v) is 6.64. The molecular formula is C22H32O3. The van der Waals surface area contributed by atoms with Gasteiger partial charge in [-0.2, -0.15) is 0 Å². The van der Waals surface area contributed by atoms with E-state index >= 15 is 0 Å². The van der Waals surface area contributed by atoms with Gasteiger partial charge in [0.25, 0.3) is 0 Å². The van der Waals surface area contributed by atoms with Crippen LogP contribution in [-0.4, -0.2) is 23.4 Å². The molecule has 3 nitrogen and oxygen atoms in total. The molecule has 3 aliphatic carbocycles. The number of phenolic OH excluding ortho intramolecular Hbond substituents is 1. The van der Waals surface area contributed by atoms with Crippen molar-refractivity contribution in [2.75, 3.05) is 13.2 Å². The van der Waals surface area contributed by atoms with Gasteiger partial charge in [-0.15, -0.1) is 0 Å². The SMILES string of the molecule is CC[C@H]1CC[C@H]2[C@@H]3CCc4cc(O)c(OCCO)cc4[C@H]3CC[C@]12C. The lowest BCUT2D eigenvalue weighted by Gasteiger charge is -2.51. The van der Waals surface area contributed by atoms with E-state index in [0.717, 1.165) is 24.2 Å². The first-order valence-corrected chi connectivity index (χ1v) is 10.2. The number of aryl methyl sites for hydroxylation is 1. The molecule has 0 radical (unpaired) electrons. The van der Waals surface area contributed by atoms with Crippen LogP contribution in [-0.2, 0) is 6.42 Å². The van der Waals surface area contributed by atoms with Crippen molar-refractivity contribution in [2.45, 2.75) is 64.7 Å². The Hall–Kier alpha value is -1.22. The molecule has 2 fully saturated rings. The summed E-state index contributed by atoms with van der Waals surface area (Å²) < 4.78 is 5.57. The maximum absolute atomic E-state index is 10.2. The molecule has 4 rings (SSSR count). The van der Waals surface area contributed by atoms with Gasteiger partial charge in [-0.3, -0.25) is 0 Å². The molecule has 25 heavy (non-hydrogen) atoms. The molecule has 0 aliphatic heterocycles. The second-order valence-corrected chi connectivity index (χ2v) is 8.73. The van der Waals surface area contributed by atoms with E-state index in [0.29, 0.717) is 17.1 Å². The maximum Gasteiger partial charge on any atom is 0.161 e. The molecular weight excluding hydrogens is 312 g/mol. The largest absolute Gasteiger partial charge is 0.504 e. The van der Waals surface area contributed by atoms with Gasteiger partial charge in [0.05, 0.1) is 6.61 Å². The third-order valence-corrected chi connectivity index (χ3v) is 7.84. The van der Waals surface area contributed by atoms with E-state index in [4.69, 9.17) is 9.84 Å². The van der Waals surface area contributed by atoms with Gasteiger partial charge < -0.3 is 14.9 Å². The molecule has 0 unspecified atom stereocenters. The molecule has 3 heteroatoms. The van der Waals surface area contributed by atoms with Crippen LogP contribution < -0.4 is 4.74 Å². The summed E-state index contributed by atoms with van der Waals surface area (Å²) in [6.07, 6.45) is 9.09. The molecule has 2 N–H and O–H groups in total. The Kier molecular flexibility index (Phi) is 4.47. The topological polar surface area (TPSA) is 49.7 Å². The summed E-state index contributed by atoms with van der Waals surface area (Å²) >= 11 is 0. The number of aliphatic hydroxyl groups is 1. The number of aliphatic hydroxyl groups excluding tert-OH is 1. The fourth-order valence-electron chi connectivity index (χ4n) is 6.64. The van der Waals surface area contributed by atoms with E-state index in [1.807, 2.05) is 6.07 Å². The van der Waals surface area contributed by atoms with Crippen LogP contribution in [0.4, 0.5) is 0 Å². The van der Waals surface area contributed by atoms with Gasteiger partial charge in [0.1, 0.15) is 6.61 Å². The lowest BCUT2D eigenvalue weighted by atomic mass is 9.54. The van der Waals surface area contributed by atoms with Crippen molar-refractivity contribution >= 4 is 0 Å². The van der Waals surface area contributed by atoms with E-state index in [2.05, 4.69) is 19.9 Å². The molecule has 0 aromatic heterocycles. The lowest BCUT2D eigenvalue weighted by Crippen LogP contribution is -2.42. The van der Waals surface area contributed by atoms with Crippen molar-refractivity contribution in [3.8, 4) is 11.5 Å². The molecule has 2 saturated carbocycles. The number of hydrogen-bond acceptors (Lipinski definition) is 3. The van der Waals surface area contributed by atoms with Crippen LogP contribution in [0.25, 0.3) is 0 Å². The molecule has 5 atom stereocenters. The highest BCUT2D eigenvalue weighted by Gasteiger charge is 2.54. The predicted octanol–water partition coefficient (Wildman–Crippen LogP) is 4.65. The van der Waals surface area contributed by atoms with Crippen LogP contribution in [0.2, 0.25) is 0 Å². The Balaban J connectivity index is 1.65.